The second kappa shape index (κ2) is 17.4. The molecule has 65 heavy (non-hydrogen) atoms. The van der Waals surface area contributed by atoms with Crippen molar-refractivity contribution < 1.29 is 18.2 Å². The molecule has 5 fully saturated rings. The normalized spacial score (nSPS) is 21.8. The number of amides is 2. The maximum absolute atomic E-state index is 16.2. The highest BCUT2D eigenvalue weighted by atomic mass is 35.5. The van der Waals surface area contributed by atoms with E-state index in [2.05, 4.69) is 25.4 Å². The Balaban J connectivity index is 0.705. The monoisotopic (exact) mass is 926 g/mol. The van der Waals surface area contributed by atoms with Gasteiger partial charge in [-0.05, 0) is 131 Å². The Morgan fingerprint density at radius 2 is 1.71 bits per heavy atom. The van der Waals surface area contributed by atoms with Crippen LogP contribution in [0.3, 0.4) is 0 Å². The molecule has 2 aliphatic carbocycles. The number of aryl methyl sites for hydroxylation is 2. The van der Waals surface area contributed by atoms with Crippen molar-refractivity contribution in [3.05, 3.63) is 79.8 Å². The molecule has 1 spiro atoms. The highest BCUT2D eigenvalue weighted by Crippen LogP contribution is 2.51. The average Bonchev–Trinajstić information content (AvgIpc) is 3.91. The minimum absolute atomic E-state index is 0.0721. The number of aromatic nitrogens is 5. The van der Waals surface area contributed by atoms with E-state index in [9.17, 15) is 23.4 Å². The number of anilines is 3. The van der Waals surface area contributed by atoms with Crippen molar-refractivity contribution in [2.75, 3.05) is 50.0 Å². The van der Waals surface area contributed by atoms with Crippen LogP contribution in [0.1, 0.15) is 94.7 Å². The van der Waals surface area contributed by atoms with Crippen molar-refractivity contribution in [1.29, 1.82) is 0 Å². The predicted molar refractivity (Wildman–Crippen MR) is 250 cm³/mol. The van der Waals surface area contributed by atoms with E-state index in [1.54, 1.807) is 29.0 Å². The van der Waals surface area contributed by atoms with Gasteiger partial charge in [0.15, 0.2) is 5.82 Å². The summed E-state index contributed by atoms with van der Waals surface area (Å²) in [4.78, 5) is 65.4. The minimum Gasteiger partial charge on any atom is -0.369 e. The van der Waals surface area contributed by atoms with Crippen LogP contribution in [0.15, 0.2) is 57.1 Å². The summed E-state index contributed by atoms with van der Waals surface area (Å²) in [5.41, 5.74) is 2.88. The molecular formula is C47H56ClFN10O5S. The van der Waals surface area contributed by atoms with E-state index < -0.39 is 34.4 Å². The largest absolute Gasteiger partial charge is 0.369 e. The van der Waals surface area contributed by atoms with Crippen LogP contribution in [0.4, 0.5) is 21.7 Å². The quantitative estimate of drug-likeness (QED) is 0.148. The first kappa shape index (κ1) is 43.9. The molecule has 0 bridgehead atoms. The molecule has 3 aromatic heterocycles. The average molecular weight is 928 g/mol. The molecule has 2 amide bonds. The van der Waals surface area contributed by atoms with Crippen LogP contribution < -0.4 is 26.8 Å². The molecule has 15 nitrogen and oxygen atoms in total. The third-order valence-electron chi connectivity index (χ3n) is 15.3. The molecule has 2 unspecified atom stereocenters. The highest BCUT2D eigenvalue weighted by Gasteiger charge is 2.48. The van der Waals surface area contributed by atoms with E-state index in [-0.39, 0.29) is 52.3 Å². The van der Waals surface area contributed by atoms with Gasteiger partial charge in [0.2, 0.25) is 17.8 Å². The Hall–Kier alpha value is -4.97. The minimum atomic E-state index is -1.32. The second-order valence-corrected chi connectivity index (χ2v) is 21.2. The molecule has 6 heterocycles. The number of nitrogens with zero attached hydrogens (tertiary/aromatic N) is 8. The lowest BCUT2D eigenvalue weighted by Gasteiger charge is -2.54. The molecule has 5 aliphatic rings. The van der Waals surface area contributed by atoms with Crippen LogP contribution in [-0.4, -0.2) is 94.7 Å². The Morgan fingerprint density at radius 1 is 0.969 bits per heavy atom. The number of imidazole rings is 1. The van der Waals surface area contributed by atoms with Crippen LogP contribution in [0.2, 0.25) is 5.02 Å². The van der Waals surface area contributed by atoms with Gasteiger partial charge in [0, 0.05) is 69.5 Å². The number of piperidine rings is 3. The highest BCUT2D eigenvalue weighted by molar-refractivity contribution is 7.82. The van der Waals surface area contributed by atoms with Gasteiger partial charge in [0.1, 0.15) is 33.2 Å². The third-order valence-corrected chi connectivity index (χ3v) is 17.0. The number of benzene rings is 2. The lowest BCUT2D eigenvalue weighted by atomic mass is 9.60. The molecule has 5 aromatic rings. The van der Waals surface area contributed by atoms with Crippen molar-refractivity contribution >= 4 is 73.8 Å². The number of likely N-dealkylation sites (tertiary alicyclic amines) is 1. The SMILES string of the molecule is Cc1cc(S(=O)N(C)C2CC3(CCN(CC4CCN(c5ccc6c(c5F)n(C)c(=O)n6C5CCC(=O)NC5=O)CC4)CC3)C2)ccc1Nc1ncc2cc(Cl)c(=O)n(C3CCCC3)c2n1. The summed E-state index contributed by atoms with van der Waals surface area (Å²) in [6.45, 7) is 6.53. The zero-order valence-electron chi connectivity index (χ0n) is 37.2. The molecule has 0 radical (unpaired) electrons. The van der Waals surface area contributed by atoms with Gasteiger partial charge in [-0.1, -0.05) is 24.4 Å². The first-order chi connectivity index (χ1) is 31.3. The molecular weight excluding hydrogens is 871 g/mol. The number of carbonyl (C=O) groups excluding carboxylic acids is 2. The van der Waals surface area contributed by atoms with Crippen LogP contribution in [0.25, 0.3) is 22.1 Å². The van der Waals surface area contributed by atoms with Gasteiger partial charge in [0.05, 0.1) is 16.1 Å². The van der Waals surface area contributed by atoms with Gasteiger partial charge >= 0.3 is 5.69 Å². The van der Waals surface area contributed by atoms with Gasteiger partial charge in [-0.15, -0.1) is 0 Å². The first-order valence-electron chi connectivity index (χ1n) is 23.1. The maximum atomic E-state index is 16.2. The van der Waals surface area contributed by atoms with E-state index >= 15 is 4.39 Å². The van der Waals surface area contributed by atoms with E-state index in [0.29, 0.717) is 28.7 Å². The number of rotatable bonds is 10. The molecule has 2 N–H and O–H groups in total. The number of fused-ring (bicyclic) bond motifs is 2. The molecule has 2 saturated carbocycles. The number of pyridine rings is 1. The summed E-state index contributed by atoms with van der Waals surface area (Å²) in [7, 11) is 2.18. The molecule has 344 valence electrons. The van der Waals surface area contributed by atoms with E-state index in [4.69, 9.17) is 16.6 Å². The van der Waals surface area contributed by atoms with Crippen LogP contribution >= 0.6 is 11.6 Å². The van der Waals surface area contributed by atoms with Gasteiger partial charge in [0.25, 0.3) is 5.56 Å². The van der Waals surface area contributed by atoms with Gasteiger partial charge in [-0.3, -0.25) is 33.4 Å². The summed E-state index contributed by atoms with van der Waals surface area (Å²) in [5.74, 6) is -0.470. The molecule has 2 atom stereocenters. The smallest absolute Gasteiger partial charge is 0.329 e. The second-order valence-electron chi connectivity index (χ2n) is 19.2. The number of carbonyl (C=O) groups is 2. The number of hydrogen-bond donors (Lipinski definition) is 2. The van der Waals surface area contributed by atoms with E-state index in [1.807, 2.05) is 36.5 Å². The predicted octanol–water partition coefficient (Wildman–Crippen LogP) is 6.50. The van der Waals surface area contributed by atoms with Crippen molar-refractivity contribution in [2.24, 2.45) is 18.4 Å². The number of imide groups is 1. The summed E-state index contributed by atoms with van der Waals surface area (Å²) >= 11 is 6.32. The molecule has 18 heteroatoms. The van der Waals surface area contributed by atoms with Crippen molar-refractivity contribution in [2.45, 2.75) is 107 Å². The molecule has 10 rings (SSSR count). The van der Waals surface area contributed by atoms with Gasteiger partial charge in [-0.25, -0.2) is 22.7 Å². The Morgan fingerprint density at radius 3 is 2.42 bits per heavy atom. The third kappa shape index (κ3) is 8.09. The van der Waals surface area contributed by atoms with Gasteiger partial charge < -0.3 is 15.1 Å². The molecule has 3 aliphatic heterocycles. The zero-order valence-corrected chi connectivity index (χ0v) is 38.7. The summed E-state index contributed by atoms with van der Waals surface area (Å²) < 4.78 is 36.5. The lowest BCUT2D eigenvalue weighted by molar-refractivity contribution is -0.135. The fourth-order valence-corrected chi connectivity index (χ4v) is 12.8. The van der Waals surface area contributed by atoms with Crippen molar-refractivity contribution in [3.63, 3.8) is 0 Å². The van der Waals surface area contributed by atoms with E-state index in [1.165, 1.54) is 16.2 Å². The summed E-state index contributed by atoms with van der Waals surface area (Å²) in [6, 6.07) is 10.3. The fourth-order valence-electron chi connectivity index (χ4n) is 11.4. The summed E-state index contributed by atoms with van der Waals surface area (Å²) in [6.07, 6.45) is 12.2. The summed E-state index contributed by atoms with van der Waals surface area (Å²) in [5, 5.41) is 6.53. The Kier molecular flexibility index (Phi) is 11.7. The van der Waals surface area contributed by atoms with Gasteiger partial charge in [-0.2, -0.15) is 4.98 Å². The van der Waals surface area contributed by atoms with Crippen LogP contribution in [0, 0.1) is 24.1 Å². The van der Waals surface area contributed by atoms with E-state index in [0.717, 1.165) is 118 Å². The molecule has 3 saturated heterocycles. The van der Waals surface area contributed by atoms with Crippen molar-refractivity contribution in [3.8, 4) is 0 Å². The Bertz CT molecular complexity index is 2850. The molecule has 2 aromatic carbocycles. The number of halogens is 2. The van der Waals surface area contributed by atoms with Crippen LogP contribution in [0.5, 0.6) is 0 Å². The van der Waals surface area contributed by atoms with Crippen molar-refractivity contribution in [1.82, 2.24) is 38.2 Å². The fraction of sp³-hybridized carbons (Fsp3) is 0.532. The number of nitrogens with one attached hydrogen (secondary N) is 2. The zero-order chi connectivity index (χ0) is 45.3. The Labute approximate surface area is 383 Å². The number of hydrogen-bond acceptors (Lipinski definition) is 10. The standard InChI is InChI=1S/C47H56ClFN10O5S/c1-28-22-33(8-9-35(28)51-45-50-26-30-23-34(48)44(62)58(42(30)53-45)31-6-4-5-7-31)65(64)55(3)32-24-47(25-32)16-20-56(21-17-47)27-29-14-18-57(19-15-29)36-10-11-37-41(40(36)49)54(2)46(63)59(37)38-12-13-39(60)52-43(38)61/h8-11,22-23,26,29,31-32,38H,4-7,12-21,24-25,27H2,1-3H3,(H,50,51,53)(H,52,60,61). The maximum Gasteiger partial charge on any atom is 0.329 e. The first-order valence-corrected chi connectivity index (χ1v) is 24.6. The lowest BCUT2D eigenvalue weighted by Crippen LogP contribution is -2.54. The van der Waals surface area contributed by atoms with Crippen LogP contribution in [-0.2, 0) is 27.6 Å². The topological polar surface area (TPSA) is 160 Å².